The molecule has 0 saturated carbocycles. The molecule has 11 nitrogen and oxygen atoms in total. The number of aliphatic hydroxyl groups is 4. The monoisotopic (exact) mass is 1100 g/mol. The zero-order chi connectivity index (χ0) is 58.4. The van der Waals surface area contributed by atoms with Gasteiger partial charge in [0.25, 0.3) is 0 Å². The van der Waals surface area contributed by atoms with Crippen LogP contribution in [-0.2, 0) is 19.1 Å². The van der Waals surface area contributed by atoms with Gasteiger partial charge in [-0.1, -0.05) is 225 Å². The number of unbranched alkanes of at least 4 members (excludes halogenated alkanes) is 33. The average molecular weight is 1100 g/mol. The van der Waals surface area contributed by atoms with E-state index in [0.717, 1.165) is 38.5 Å². The van der Waals surface area contributed by atoms with Crippen molar-refractivity contribution in [2.24, 2.45) is 0 Å². The van der Waals surface area contributed by atoms with Crippen molar-refractivity contribution < 1.29 is 54.9 Å². The first kappa shape index (κ1) is 80.9. The molecule has 0 aromatic carbocycles. The topological polar surface area (TPSA) is 202 Å². The van der Waals surface area contributed by atoms with Crippen LogP contribution in [-0.4, -0.2) is 90.3 Å². The fourth-order valence-corrected chi connectivity index (χ4v) is 8.83. The molecule has 0 aromatic heterocycles. The molecular formula is C66H128O11. The SMILES string of the molecule is CCC(CO)(CO)OC(CC)(CO)C(C)(C)O.CCCCCCCC/C=C\CCCCCCCC(=O)O.CCCCCCCC/C=C\CCCCCCCC(=O)O.CCCCCCCC/C=C\CCCCCCCC(=O)O. The number of ether oxygens (including phenoxy) is 1. The lowest BCUT2D eigenvalue weighted by Gasteiger charge is -2.47. The van der Waals surface area contributed by atoms with Gasteiger partial charge in [-0.25, -0.2) is 0 Å². The Balaban J connectivity index is -0.000000462. The van der Waals surface area contributed by atoms with Gasteiger partial charge < -0.3 is 40.5 Å². The number of aliphatic carboxylic acids is 3. The number of allylic oxidation sites excluding steroid dienone is 6. The second-order valence-electron chi connectivity index (χ2n) is 22.2. The van der Waals surface area contributed by atoms with Crippen molar-refractivity contribution in [1.82, 2.24) is 0 Å². The van der Waals surface area contributed by atoms with Crippen LogP contribution in [0.5, 0.6) is 0 Å². The molecule has 458 valence electrons. The van der Waals surface area contributed by atoms with E-state index < -0.39 is 34.7 Å². The minimum absolute atomic E-state index is 0.332. The van der Waals surface area contributed by atoms with Crippen molar-refractivity contribution in [3.05, 3.63) is 36.5 Å². The number of carbonyl (C=O) groups is 3. The number of carboxylic acid groups (broad SMARTS) is 3. The smallest absolute Gasteiger partial charge is 0.303 e. The Morgan fingerprint density at radius 2 is 0.558 bits per heavy atom. The van der Waals surface area contributed by atoms with Crippen LogP contribution in [0.2, 0.25) is 0 Å². The van der Waals surface area contributed by atoms with Crippen LogP contribution in [0.1, 0.15) is 331 Å². The Kier molecular flexibility index (Phi) is 65.8. The van der Waals surface area contributed by atoms with Gasteiger partial charge in [0.05, 0.1) is 25.4 Å². The molecule has 0 spiro atoms. The molecule has 1 atom stereocenters. The van der Waals surface area contributed by atoms with Gasteiger partial charge in [0.15, 0.2) is 0 Å². The highest BCUT2D eigenvalue weighted by Gasteiger charge is 2.48. The van der Waals surface area contributed by atoms with Gasteiger partial charge in [-0.05, 0) is 123 Å². The Labute approximate surface area is 475 Å². The maximum Gasteiger partial charge on any atom is 0.303 e. The van der Waals surface area contributed by atoms with Crippen LogP contribution in [0.15, 0.2) is 36.5 Å². The van der Waals surface area contributed by atoms with Crippen LogP contribution >= 0.6 is 0 Å². The summed E-state index contributed by atoms with van der Waals surface area (Å²) in [5.74, 6) is -1.99. The van der Waals surface area contributed by atoms with Crippen molar-refractivity contribution in [1.29, 1.82) is 0 Å². The van der Waals surface area contributed by atoms with Gasteiger partial charge in [0, 0.05) is 19.3 Å². The van der Waals surface area contributed by atoms with Crippen molar-refractivity contribution in [3.8, 4) is 0 Å². The summed E-state index contributed by atoms with van der Waals surface area (Å²) in [4.78, 5) is 31.0. The molecule has 77 heavy (non-hydrogen) atoms. The minimum atomic E-state index is -1.28. The summed E-state index contributed by atoms with van der Waals surface area (Å²) in [6.45, 7) is 12.3. The average Bonchev–Trinajstić information content (AvgIpc) is 3.40. The van der Waals surface area contributed by atoms with Crippen LogP contribution in [0.3, 0.4) is 0 Å². The third kappa shape index (κ3) is 60.9. The van der Waals surface area contributed by atoms with Gasteiger partial charge in [-0.15, -0.1) is 0 Å². The molecule has 0 aliphatic carbocycles. The number of aliphatic hydroxyl groups excluding tert-OH is 3. The number of hydrogen-bond donors (Lipinski definition) is 7. The zero-order valence-corrected chi connectivity index (χ0v) is 51.5. The van der Waals surface area contributed by atoms with E-state index in [4.69, 9.17) is 20.1 Å². The number of hydrogen-bond acceptors (Lipinski definition) is 8. The molecule has 0 fully saturated rings. The van der Waals surface area contributed by atoms with E-state index in [2.05, 4.69) is 57.2 Å². The molecule has 0 bridgehead atoms. The molecule has 0 aliphatic heterocycles. The first-order valence-corrected chi connectivity index (χ1v) is 31.9. The fraction of sp³-hybridized carbons (Fsp3) is 0.864. The normalized spacial score (nSPS) is 12.5. The fourth-order valence-electron chi connectivity index (χ4n) is 8.83. The van der Waals surface area contributed by atoms with Gasteiger partial charge in [-0.2, -0.15) is 0 Å². The second-order valence-corrected chi connectivity index (χ2v) is 22.2. The van der Waals surface area contributed by atoms with E-state index in [-0.39, 0.29) is 19.8 Å². The standard InChI is InChI=1S/3C18H34O2.C12H26O5/c3*1-2-3-4-5-6-7-8-9-10-11-12-13-14-15-16-17-18(19)20;1-5-11(7-13,8-14)17-12(6-2,9-15)10(3,4)16/h3*9-10H,2-8,11-17H2,1H3,(H,19,20);13-16H,5-9H2,1-4H3/b3*10-9-;. The maximum atomic E-state index is 10.3. The molecule has 7 N–H and O–H groups in total. The second kappa shape index (κ2) is 62.6. The largest absolute Gasteiger partial charge is 0.481 e. The lowest BCUT2D eigenvalue weighted by molar-refractivity contribution is -0.263. The van der Waals surface area contributed by atoms with Crippen molar-refractivity contribution in [3.63, 3.8) is 0 Å². The molecule has 0 saturated heterocycles. The highest BCUT2D eigenvalue weighted by Crippen LogP contribution is 2.35. The summed E-state index contributed by atoms with van der Waals surface area (Å²) >= 11 is 0. The highest BCUT2D eigenvalue weighted by molar-refractivity contribution is 5.67. The molecule has 0 rings (SSSR count). The van der Waals surface area contributed by atoms with Gasteiger partial charge in [0.1, 0.15) is 11.2 Å². The quantitative estimate of drug-likeness (QED) is 0.0226. The van der Waals surface area contributed by atoms with Crippen molar-refractivity contribution in [2.45, 2.75) is 348 Å². The van der Waals surface area contributed by atoms with Gasteiger partial charge in [-0.3, -0.25) is 14.4 Å². The van der Waals surface area contributed by atoms with Crippen molar-refractivity contribution >= 4 is 17.9 Å². The third-order valence-corrected chi connectivity index (χ3v) is 14.5. The van der Waals surface area contributed by atoms with E-state index in [1.807, 2.05) is 0 Å². The minimum Gasteiger partial charge on any atom is -0.481 e. The summed E-state index contributed by atoms with van der Waals surface area (Å²) in [6, 6.07) is 0. The Morgan fingerprint density at radius 3 is 0.727 bits per heavy atom. The summed E-state index contributed by atoms with van der Waals surface area (Å²) in [5.41, 5.74) is -3.62. The van der Waals surface area contributed by atoms with Gasteiger partial charge in [0.2, 0.25) is 0 Å². The highest BCUT2D eigenvalue weighted by atomic mass is 16.6. The third-order valence-electron chi connectivity index (χ3n) is 14.5. The molecule has 0 heterocycles. The maximum absolute atomic E-state index is 10.3. The van der Waals surface area contributed by atoms with Crippen LogP contribution in [0.4, 0.5) is 0 Å². The number of carboxylic acids is 3. The Hall–Kier alpha value is -2.57. The molecular weight excluding hydrogens is 969 g/mol. The van der Waals surface area contributed by atoms with E-state index in [1.54, 1.807) is 27.7 Å². The van der Waals surface area contributed by atoms with Crippen LogP contribution in [0.25, 0.3) is 0 Å². The van der Waals surface area contributed by atoms with E-state index in [1.165, 1.54) is 212 Å². The Bertz CT molecular complexity index is 1190. The van der Waals surface area contributed by atoms with E-state index in [9.17, 15) is 34.8 Å². The molecule has 0 radical (unpaired) electrons. The van der Waals surface area contributed by atoms with E-state index >= 15 is 0 Å². The molecule has 0 amide bonds. The first-order chi connectivity index (χ1) is 37.1. The molecule has 0 aliphatic rings. The zero-order valence-electron chi connectivity index (χ0n) is 51.5. The number of rotatable bonds is 53. The predicted octanol–water partition coefficient (Wildman–Crippen LogP) is 18.4. The van der Waals surface area contributed by atoms with E-state index in [0.29, 0.717) is 32.1 Å². The molecule has 11 heteroatoms. The van der Waals surface area contributed by atoms with Crippen molar-refractivity contribution in [2.75, 3.05) is 19.8 Å². The lowest BCUT2D eigenvalue weighted by Crippen LogP contribution is -2.60. The summed E-state index contributed by atoms with van der Waals surface area (Å²) < 4.78 is 5.74. The van der Waals surface area contributed by atoms with Gasteiger partial charge >= 0.3 is 17.9 Å². The summed E-state index contributed by atoms with van der Waals surface area (Å²) in [7, 11) is 0. The Morgan fingerprint density at radius 1 is 0.338 bits per heavy atom. The van der Waals surface area contributed by atoms with Crippen LogP contribution in [0, 0.1) is 0 Å². The van der Waals surface area contributed by atoms with Crippen LogP contribution < -0.4 is 0 Å². The molecule has 1 unspecified atom stereocenters. The molecule has 0 aromatic rings. The summed E-state index contributed by atoms with van der Waals surface area (Å²) in [5, 5.41) is 63.9. The first-order valence-electron chi connectivity index (χ1n) is 31.9. The summed E-state index contributed by atoms with van der Waals surface area (Å²) in [6.07, 6.45) is 64.5. The predicted molar refractivity (Wildman–Crippen MR) is 326 cm³/mol. The lowest BCUT2D eigenvalue weighted by atomic mass is 9.82.